The third kappa shape index (κ3) is 2.41. The third-order valence-electron chi connectivity index (χ3n) is 2.98. The first-order chi connectivity index (χ1) is 8.49. The quantitative estimate of drug-likeness (QED) is 0.892. The molecule has 0 aliphatic carbocycles. The van der Waals surface area contributed by atoms with Crippen molar-refractivity contribution in [1.82, 2.24) is 9.80 Å². The Balaban J connectivity index is 2.11. The van der Waals surface area contributed by atoms with Gasteiger partial charge in [-0.3, -0.25) is 9.69 Å². The molecule has 1 aromatic rings. The molecule has 6 heteroatoms. The maximum absolute atomic E-state index is 11.8. The molecule has 1 aliphatic rings. The standard InChI is InChI=1S/C12H14ClN3O2/c1-15-10(7-11(17)16(2)12(15)18)14-9-5-3-8(13)4-6-9/h3-6,10,14H,7H2,1-2H3. The van der Waals surface area contributed by atoms with E-state index in [1.54, 1.807) is 19.2 Å². The van der Waals surface area contributed by atoms with Crippen molar-refractivity contribution >= 4 is 29.2 Å². The number of urea groups is 1. The van der Waals surface area contributed by atoms with E-state index in [9.17, 15) is 9.59 Å². The van der Waals surface area contributed by atoms with Gasteiger partial charge in [0.2, 0.25) is 5.91 Å². The molecular weight excluding hydrogens is 254 g/mol. The van der Waals surface area contributed by atoms with Gasteiger partial charge in [-0.1, -0.05) is 11.6 Å². The summed E-state index contributed by atoms with van der Waals surface area (Å²) in [4.78, 5) is 26.0. The van der Waals surface area contributed by atoms with Gasteiger partial charge in [-0.05, 0) is 24.3 Å². The van der Waals surface area contributed by atoms with E-state index in [0.717, 1.165) is 10.6 Å². The number of rotatable bonds is 2. The second-order valence-electron chi connectivity index (χ2n) is 4.22. The van der Waals surface area contributed by atoms with E-state index < -0.39 is 0 Å². The molecule has 0 radical (unpaired) electrons. The Labute approximate surface area is 110 Å². The Bertz CT molecular complexity index is 475. The van der Waals surface area contributed by atoms with E-state index in [4.69, 9.17) is 11.6 Å². The summed E-state index contributed by atoms with van der Waals surface area (Å²) >= 11 is 5.80. The topological polar surface area (TPSA) is 52.7 Å². The van der Waals surface area contributed by atoms with Crippen LogP contribution in [0.4, 0.5) is 10.5 Å². The van der Waals surface area contributed by atoms with E-state index >= 15 is 0 Å². The number of carbonyl (C=O) groups excluding carboxylic acids is 2. The fourth-order valence-electron chi connectivity index (χ4n) is 1.80. The number of nitrogens with zero attached hydrogens (tertiary/aromatic N) is 2. The van der Waals surface area contributed by atoms with Crippen LogP contribution in [0.15, 0.2) is 24.3 Å². The number of nitrogens with one attached hydrogen (secondary N) is 1. The smallest absolute Gasteiger partial charge is 0.327 e. The predicted molar refractivity (Wildman–Crippen MR) is 69.4 cm³/mol. The molecule has 2 rings (SSSR count). The van der Waals surface area contributed by atoms with Crippen molar-refractivity contribution in [2.24, 2.45) is 0 Å². The summed E-state index contributed by atoms with van der Waals surface area (Å²) < 4.78 is 0. The summed E-state index contributed by atoms with van der Waals surface area (Å²) in [6, 6.07) is 6.82. The Hall–Kier alpha value is -1.75. The first-order valence-corrected chi connectivity index (χ1v) is 5.92. The second-order valence-corrected chi connectivity index (χ2v) is 4.65. The summed E-state index contributed by atoms with van der Waals surface area (Å²) in [6.07, 6.45) is -0.0798. The van der Waals surface area contributed by atoms with Gasteiger partial charge in [-0.2, -0.15) is 0 Å². The van der Waals surface area contributed by atoms with Gasteiger partial charge in [0.05, 0.1) is 6.42 Å². The predicted octanol–water partition coefficient (Wildman–Crippen LogP) is 1.99. The number of halogens is 1. The molecular formula is C12H14ClN3O2. The lowest BCUT2D eigenvalue weighted by molar-refractivity contribution is -0.130. The summed E-state index contributed by atoms with van der Waals surface area (Å²) in [5.41, 5.74) is 0.821. The van der Waals surface area contributed by atoms with Crippen LogP contribution in [-0.4, -0.2) is 42.0 Å². The van der Waals surface area contributed by atoms with Crippen molar-refractivity contribution in [2.45, 2.75) is 12.6 Å². The van der Waals surface area contributed by atoms with Crippen LogP contribution in [0.5, 0.6) is 0 Å². The van der Waals surface area contributed by atoms with Crippen LogP contribution in [0.3, 0.4) is 0 Å². The van der Waals surface area contributed by atoms with Crippen LogP contribution in [0.25, 0.3) is 0 Å². The van der Waals surface area contributed by atoms with Crippen LogP contribution < -0.4 is 5.32 Å². The van der Waals surface area contributed by atoms with E-state index in [0.29, 0.717) is 5.02 Å². The highest BCUT2D eigenvalue weighted by atomic mass is 35.5. The lowest BCUT2D eigenvalue weighted by Crippen LogP contribution is -2.56. The maximum atomic E-state index is 11.8. The van der Waals surface area contributed by atoms with Gasteiger partial charge in [0, 0.05) is 24.8 Å². The lowest BCUT2D eigenvalue weighted by atomic mass is 10.2. The van der Waals surface area contributed by atoms with E-state index in [-0.39, 0.29) is 24.5 Å². The summed E-state index contributed by atoms with van der Waals surface area (Å²) in [6.45, 7) is 0. The highest BCUT2D eigenvalue weighted by Gasteiger charge is 2.34. The molecule has 1 atom stereocenters. The number of hydrogen-bond acceptors (Lipinski definition) is 3. The summed E-state index contributed by atoms with van der Waals surface area (Å²) in [7, 11) is 3.15. The normalized spacial score (nSPS) is 20.3. The summed E-state index contributed by atoms with van der Waals surface area (Å²) in [5.74, 6) is -0.190. The molecule has 1 fully saturated rings. The number of benzene rings is 1. The minimum atomic E-state index is -0.331. The number of imide groups is 1. The fraction of sp³-hybridized carbons (Fsp3) is 0.333. The molecule has 0 spiro atoms. The number of anilines is 1. The third-order valence-corrected chi connectivity index (χ3v) is 3.23. The van der Waals surface area contributed by atoms with Gasteiger partial charge in [0.1, 0.15) is 6.17 Å². The van der Waals surface area contributed by atoms with Gasteiger partial charge < -0.3 is 10.2 Å². The Morgan fingerprint density at radius 3 is 2.44 bits per heavy atom. The molecule has 3 amide bonds. The van der Waals surface area contributed by atoms with Crippen molar-refractivity contribution in [2.75, 3.05) is 19.4 Å². The Kier molecular flexibility index (Phi) is 3.43. The molecule has 1 heterocycles. The highest BCUT2D eigenvalue weighted by Crippen LogP contribution is 2.19. The van der Waals surface area contributed by atoms with Crippen molar-refractivity contribution in [3.8, 4) is 0 Å². The average molecular weight is 268 g/mol. The molecule has 1 unspecified atom stereocenters. The number of carbonyl (C=O) groups is 2. The minimum absolute atomic E-state index is 0.190. The Morgan fingerprint density at radius 2 is 1.83 bits per heavy atom. The zero-order valence-electron chi connectivity index (χ0n) is 10.2. The maximum Gasteiger partial charge on any atom is 0.327 e. The van der Waals surface area contributed by atoms with Crippen molar-refractivity contribution < 1.29 is 9.59 Å². The van der Waals surface area contributed by atoms with Gasteiger partial charge >= 0.3 is 6.03 Å². The van der Waals surface area contributed by atoms with Crippen molar-refractivity contribution in [3.05, 3.63) is 29.3 Å². The molecule has 5 nitrogen and oxygen atoms in total. The molecule has 1 N–H and O–H groups in total. The first kappa shape index (κ1) is 12.7. The molecule has 18 heavy (non-hydrogen) atoms. The summed E-state index contributed by atoms with van der Waals surface area (Å²) in [5, 5.41) is 3.78. The van der Waals surface area contributed by atoms with Gasteiger partial charge in [-0.15, -0.1) is 0 Å². The molecule has 96 valence electrons. The highest BCUT2D eigenvalue weighted by molar-refractivity contribution is 6.30. The van der Waals surface area contributed by atoms with Crippen molar-refractivity contribution in [3.63, 3.8) is 0 Å². The molecule has 1 saturated heterocycles. The van der Waals surface area contributed by atoms with E-state index in [1.165, 1.54) is 11.9 Å². The van der Waals surface area contributed by atoms with E-state index in [2.05, 4.69) is 5.32 Å². The number of amides is 3. The monoisotopic (exact) mass is 267 g/mol. The molecule has 1 aromatic carbocycles. The average Bonchev–Trinajstić information content (AvgIpc) is 2.36. The van der Waals surface area contributed by atoms with Crippen LogP contribution in [0.2, 0.25) is 5.02 Å². The SMILES string of the molecule is CN1C(=O)CC(Nc2ccc(Cl)cc2)N(C)C1=O. The molecule has 1 aliphatic heterocycles. The molecule has 0 saturated carbocycles. The van der Waals surface area contributed by atoms with Crippen LogP contribution in [-0.2, 0) is 4.79 Å². The van der Waals surface area contributed by atoms with Crippen LogP contribution >= 0.6 is 11.6 Å². The van der Waals surface area contributed by atoms with Gasteiger partial charge in [-0.25, -0.2) is 4.79 Å². The zero-order chi connectivity index (χ0) is 13.3. The van der Waals surface area contributed by atoms with Gasteiger partial charge in [0.25, 0.3) is 0 Å². The first-order valence-electron chi connectivity index (χ1n) is 5.54. The molecule has 0 aromatic heterocycles. The lowest BCUT2D eigenvalue weighted by Gasteiger charge is -2.37. The number of hydrogen-bond donors (Lipinski definition) is 1. The van der Waals surface area contributed by atoms with Gasteiger partial charge in [0.15, 0.2) is 0 Å². The largest absolute Gasteiger partial charge is 0.365 e. The minimum Gasteiger partial charge on any atom is -0.365 e. The zero-order valence-corrected chi connectivity index (χ0v) is 10.9. The fourth-order valence-corrected chi connectivity index (χ4v) is 1.93. The van der Waals surface area contributed by atoms with E-state index in [1.807, 2.05) is 12.1 Å². The Morgan fingerprint density at radius 1 is 1.22 bits per heavy atom. The van der Waals surface area contributed by atoms with Crippen molar-refractivity contribution in [1.29, 1.82) is 0 Å². The van der Waals surface area contributed by atoms with Crippen LogP contribution in [0, 0.1) is 0 Å². The molecule has 0 bridgehead atoms. The van der Waals surface area contributed by atoms with Crippen LogP contribution in [0.1, 0.15) is 6.42 Å². The second kappa shape index (κ2) is 4.86.